The fourth-order valence-electron chi connectivity index (χ4n) is 2.91. The molecule has 1 fully saturated rings. The van der Waals surface area contributed by atoms with Crippen molar-refractivity contribution in [3.05, 3.63) is 35.4 Å². The SMILES string of the molecule is CCN(Cc1cccc(C)c1)C(=O)C1CCCC1N.Cl. The van der Waals surface area contributed by atoms with Crippen LogP contribution in [0, 0.1) is 12.8 Å². The highest BCUT2D eigenvalue weighted by molar-refractivity contribution is 5.85. The van der Waals surface area contributed by atoms with Gasteiger partial charge in [-0.3, -0.25) is 4.79 Å². The first-order valence-corrected chi connectivity index (χ1v) is 7.21. The second-order valence-corrected chi connectivity index (χ2v) is 5.54. The maximum Gasteiger partial charge on any atom is 0.227 e. The van der Waals surface area contributed by atoms with Crippen LogP contribution in [0.2, 0.25) is 0 Å². The minimum Gasteiger partial charge on any atom is -0.338 e. The van der Waals surface area contributed by atoms with E-state index in [9.17, 15) is 4.79 Å². The molecule has 0 aliphatic heterocycles. The fraction of sp³-hybridized carbons (Fsp3) is 0.562. The van der Waals surface area contributed by atoms with Crippen LogP contribution in [-0.2, 0) is 11.3 Å². The van der Waals surface area contributed by atoms with E-state index in [4.69, 9.17) is 5.73 Å². The summed E-state index contributed by atoms with van der Waals surface area (Å²) < 4.78 is 0. The maximum absolute atomic E-state index is 12.5. The fourth-order valence-corrected chi connectivity index (χ4v) is 2.91. The Hall–Kier alpha value is -1.06. The Labute approximate surface area is 127 Å². The zero-order chi connectivity index (χ0) is 13.8. The van der Waals surface area contributed by atoms with E-state index in [2.05, 4.69) is 25.1 Å². The zero-order valence-corrected chi connectivity index (χ0v) is 13.2. The van der Waals surface area contributed by atoms with Gasteiger partial charge < -0.3 is 10.6 Å². The van der Waals surface area contributed by atoms with Crippen LogP contribution in [0.4, 0.5) is 0 Å². The molecule has 1 saturated carbocycles. The lowest BCUT2D eigenvalue weighted by Crippen LogP contribution is -2.41. The van der Waals surface area contributed by atoms with Gasteiger partial charge in [0, 0.05) is 19.1 Å². The van der Waals surface area contributed by atoms with E-state index in [0.29, 0.717) is 6.54 Å². The van der Waals surface area contributed by atoms with E-state index in [1.165, 1.54) is 11.1 Å². The van der Waals surface area contributed by atoms with Crippen molar-refractivity contribution in [1.29, 1.82) is 0 Å². The van der Waals surface area contributed by atoms with Gasteiger partial charge in [-0.1, -0.05) is 36.2 Å². The second kappa shape index (κ2) is 7.65. The highest BCUT2D eigenvalue weighted by atomic mass is 35.5. The third-order valence-corrected chi connectivity index (χ3v) is 4.04. The van der Waals surface area contributed by atoms with Gasteiger partial charge in [0.05, 0.1) is 5.92 Å². The minimum absolute atomic E-state index is 0. The average molecular weight is 297 g/mol. The number of rotatable bonds is 4. The third kappa shape index (κ3) is 3.97. The summed E-state index contributed by atoms with van der Waals surface area (Å²) in [5, 5.41) is 0. The molecule has 112 valence electrons. The van der Waals surface area contributed by atoms with Crippen molar-refractivity contribution in [2.45, 2.75) is 45.7 Å². The predicted octanol–water partition coefficient (Wildman–Crippen LogP) is 2.89. The molecule has 1 aromatic rings. The third-order valence-electron chi connectivity index (χ3n) is 4.04. The Bertz CT molecular complexity index is 450. The van der Waals surface area contributed by atoms with Crippen LogP contribution in [0.15, 0.2) is 24.3 Å². The van der Waals surface area contributed by atoms with Crippen LogP contribution in [-0.4, -0.2) is 23.4 Å². The Morgan fingerprint density at radius 3 is 2.70 bits per heavy atom. The minimum atomic E-state index is 0. The lowest BCUT2D eigenvalue weighted by atomic mass is 10.0. The number of aryl methyl sites for hydroxylation is 1. The first-order chi connectivity index (χ1) is 9.11. The number of benzene rings is 1. The van der Waals surface area contributed by atoms with Crippen LogP contribution in [0.1, 0.15) is 37.3 Å². The summed E-state index contributed by atoms with van der Waals surface area (Å²) in [5.74, 6) is 0.263. The van der Waals surface area contributed by atoms with Gasteiger partial charge in [-0.2, -0.15) is 0 Å². The molecule has 0 radical (unpaired) electrons. The molecule has 0 saturated heterocycles. The summed E-state index contributed by atoms with van der Waals surface area (Å²) >= 11 is 0. The lowest BCUT2D eigenvalue weighted by molar-refractivity contribution is -0.136. The summed E-state index contributed by atoms with van der Waals surface area (Å²) in [5.41, 5.74) is 8.47. The number of amides is 1. The quantitative estimate of drug-likeness (QED) is 0.928. The predicted molar refractivity (Wildman–Crippen MR) is 84.8 cm³/mol. The van der Waals surface area contributed by atoms with Crippen molar-refractivity contribution in [3.8, 4) is 0 Å². The zero-order valence-electron chi connectivity index (χ0n) is 12.3. The average Bonchev–Trinajstić information content (AvgIpc) is 2.81. The highest BCUT2D eigenvalue weighted by Gasteiger charge is 2.32. The number of carbonyl (C=O) groups excluding carboxylic acids is 1. The molecular weight excluding hydrogens is 272 g/mol. The molecule has 20 heavy (non-hydrogen) atoms. The molecule has 2 atom stereocenters. The molecule has 3 nitrogen and oxygen atoms in total. The molecule has 1 amide bonds. The molecule has 4 heteroatoms. The Balaban J connectivity index is 0.00000200. The van der Waals surface area contributed by atoms with Crippen LogP contribution in [0.5, 0.6) is 0 Å². The molecule has 1 aliphatic rings. The number of halogens is 1. The maximum atomic E-state index is 12.5. The summed E-state index contributed by atoms with van der Waals surface area (Å²) in [6.07, 6.45) is 3.02. The van der Waals surface area contributed by atoms with E-state index >= 15 is 0 Å². The topological polar surface area (TPSA) is 46.3 Å². The summed E-state index contributed by atoms with van der Waals surface area (Å²) in [6.45, 7) is 5.55. The summed E-state index contributed by atoms with van der Waals surface area (Å²) in [6, 6.07) is 8.40. The van der Waals surface area contributed by atoms with Gasteiger partial charge in [0.15, 0.2) is 0 Å². The van der Waals surface area contributed by atoms with Crippen molar-refractivity contribution in [2.75, 3.05) is 6.54 Å². The van der Waals surface area contributed by atoms with Gasteiger partial charge in [0.1, 0.15) is 0 Å². The van der Waals surface area contributed by atoms with Gasteiger partial charge in [0.2, 0.25) is 5.91 Å². The second-order valence-electron chi connectivity index (χ2n) is 5.54. The number of hydrogen-bond donors (Lipinski definition) is 1. The number of nitrogens with zero attached hydrogens (tertiary/aromatic N) is 1. The van der Waals surface area contributed by atoms with Crippen molar-refractivity contribution < 1.29 is 4.79 Å². The molecule has 2 unspecified atom stereocenters. The standard InChI is InChI=1S/C16H24N2O.ClH/c1-3-18(11-13-7-4-6-12(2)10-13)16(19)14-8-5-9-15(14)17;/h4,6-7,10,14-15H,3,5,8-9,11,17H2,1-2H3;1H. The van der Waals surface area contributed by atoms with Crippen molar-refractivity contribution in [1.82, 2.24) is 4.90 Å². The van der Waals surface area contributed by atoms with Crippen molar-refractivity contribution >= 4 is 18.3 Å². The highest BCUT2D eigenvalue weighted by Crippen LogP contribution is 2.26. The van der Waals surface area contributed by atoms with Crippen LogP contribution in [0.25, 0.3) is 0 Å². The molecule has 2 rings (SSSR count). The van der Waals surface area contributed by atoms with Crippen LogP contribution in [0.3, 0.4) is 0 Å². The van der Waals surface area contributed by atoms with Crippen molar-refractivity contribution in [3.63, 3.8) is 0 Å². The van der Waals surface area contributed by atoms with Crippen LogP contribution < -0.4 is 5.73 Å². The summed E-state index contributed by atoms with van der Waals surface area (Å²) in [4.78, 5) is 14.5. The van der Waals surface area contributed by atoms with E-state index in [1.807, 2.05) is 17.9 Å². The summed E-state index contributed by atoms with van der Waals surface area (Å²) in [7, 11) is 0. The van der Waals surface area contributed by atoms with Gasteiger partial charge in [-0.25, -0.2) is 0 Å². The van der Waals surface area contributed by atoms with Crippen molar-refractivity contribution in [2.24, 2.45) is 11.7 Å². The molecule has 0 aromatic heterocycles. The first kappa shape index (κ1) is 17.0. The van der Waals surface area contributed by atoms with E-state index in [0.717, 1.165) is 25.8 Å². The van der Waals surface area contributed by atoms with Gasteiger partial charge in [-0.05, 0) is 32.3 Å². The van der Waals surface area contributed by atoms with E-state index in [1.54, 1.807) is 0 Å². The largest absolute Gasteiger partial charge is 0.338 e. The molecule has 0 bridgehead atoms. The molecule has 0 spiro atoms. The lowest BCUT2D eigenvalue weighted by Gasteiger charge is -2.26. The normalized spacial score (nSPS) is 21.4. The molecule has 1 aliphatic carbocycles. The molecule has 1 aromatic carbocycles. The monoisotopic (exact) mass is 296 g/mol. The van der Waals surface area contributed by atoms with E-state index in [-0.39, 0.29) is 30.3 Å². The number of nitrogens with two attached hydrogens (primary N) is 1. The molecule has 2 N–H and O–H groups in total. The van der Waals surface area contributed by atoms with Crippen LogP contribution >= 0.6 is 12.4 Å². The van der Waals surface area contributed by atoms with E-state index < -0.39 is 0 Å². The Morgan fingerprint density at radius 2 is 2.15 bits per heavy atom. The van der Waals surface area contributed by atoms with Gasteiger partial charge in [-0.15, -0.1) is 12.4 Å². The Kier molecular flexibility index (Phi) is 6.50. The first-order valence-electron chi connectivity index (χ1n) is 7.21. The number of hydrogen-bond acceptors (Lipinski definition) is 2. The Morgan fingerprint density at radius 1 is 1.40 bits per heavy atom. The molecular formula is C16H25ClN2O. The van der Waals surface area contributed by atoms with Gasteiger partial charge >= 0.3 is 0 Å². The number of carbonyl (C=O) groups is 1. The van der Waals surface area contributed by atoms with Gasteiger partial charge in [0.25, 0.3) is 0 Å². The molecule has 0 heterocycles. The smallest absolute Gasteiger partial charge is 0.227 e.